The molecule has 0 aliphatic carbocycles. The molecular formula is C34H35BrFN3O4S. The zero-order valence-corrected chi connectivity index (χ0v) is 27.0. The fraction of sp³-hybridized carbons (Fsp3) is 0.235. The number of aryl methyl sites for hydroxylation is 1. The van der Waals surface area contributed by atoms with E-state index in [-0.39, 0.29) is 29.1 Å². The summed E-state index contributed by atoms with van der Waals surface area (Å²) in [7, 11) is -4.22. The molecule has 1 N–H and O–H groups in total. The maximum absolute atomic E-state index is 15.0. The quantitative estimate of drug-likeness (QED) is 0.181. The lowest BCUT2D eigenvalue weighted by atomic mass is 10.0. The first-order chi connectivity index (χ1) is 21.1. The number of anilines is 1. The molecule has 1 unspecified atom stereocenters. The zero-order chi connectivity index (χ0) is 31.7. The van der Waals surface area contributed by atoms with E-state index in [1.54, 1.807) is 54.6 Å². The van der Waals surface area contributed by atoms with Crippen molar-refractivity contribution in [3.05, 3.63) is 130 Å². The standard InChI is InChI=1S/C34H35BrFN3O4S/c1-3-21-37-34(41)32(22-26-9-5-4-6-10-26)38(23-27-11-7-8-12-31(27)36)33(40)24-39(29-17-15-28(35)16-18-29)44(42,43)30-19-13-25(2)14-20-30/h4-20,32H,3,21-24H2,1-2H3,(H,37,41). The molecule has 0 spiro atoms. The number of rotatable bonds is 13. The molecule has 0 radical (unpaired) electrons. The van der Waals surface area contributed by atoms with Crippen molar-refractivity contribution >= 4 is 43.5 Å². The third kappa shape index (κ3) is 8.33. The van der Waals surface area contributed by atoms with Gasteiger partial charge in [-0.05, 0) is 61.4 Å². The van der Waals surface area contributed by atoms with Crippen molar-refractivity contribution in [2.75, 3.05) is 17.4 Å². The van der Waals surface area contributed by atoms with Crippen LogP contribution in [0.4, 0.5) is 10.1 Å². The molecule has 0 aliphatic rings. The van der Waals surface area contributed by atoms with E-state index in [9.17, 15) is 22.4 Å². The molecule has 0 aliphatic heterocycles. The van der Waals surface area contributed by atoms with Crippen molar-refractivity contribution in [3.63, 3.8) is 0 Å². The summed E-state index contributed by atoms with van der Waals surface area (Å²) in [6.45, 7) is 3.31. The van der Waals surface area contributed by atoms with Crippen LogP contribution in [-0.2, 0) is 32.6 Å². The van der Waals surface area contributed by atoms with Gasteiger partial charge in [-0.1, -0.05) is 89.1 Å². The minimum atomic E-state index is -4.22. The van der Waals surface area contributed by atoms with Crippen LogP contribution in [0.15, 0.2) is 112 Å². The molecule has 4 aromatic carbocycles. The summed E-state index contributed by atoms with van der Waals surface area (Å²) in [4.78, 5) is 29.3. The van der Waals surface area contributed by atoms with Gasteiger partial charge in [-0.15, -0.1) is 0 Å². The third-order valence-electron chi connectivity index (χ3n) is 7.12. The van der Waals surface area contributed by atoms with Crippen LogP contribution in [0.1, 0.15) is 30.0 Å². The number of nitrogens with one attached hydrogen (secondary N) is 1. The second-order valence-corrected chi connectivity index (χ2v) is 13.2. The Bertz CT molecular complexity index is 1670. The molecule has 4 aromatic rings. The van der Waals surface area contributed by atoms with Crippen LogP contribution in [0, 0.1) is 12.7 Å². The topological polar surface area (TPSA) is 86.8 Å². The highest BCUT2D eigenvalue weighted by molar-refractivity contribution is 9.10. The summed E-state index contributed by atoms with van der Waals surface area (Å²) in [5.74, 6) is -1.59. The Hall–Kier alpha value is -4.02. The second-order valence-electron chi connectivity index (χ2n) is 10.4. The molecule has 0 bridgehead atoms. The Morgan fingerprint density at radius 1 is 0.886 bits per heavy atom. The highest BCUT2D eigenvalue weighted by Gasteiger charge is 2.35. The van der Waals surface area contributed by atoms with Gasteiger partial charge in [0.05, 0.1) is 10.6 Å². The Morgan fingerprint density at radius 2 is 1.52 bits per heavy atom. The number of halogens is 2. The average molecular weight is 681 g/mol. The van der Waals surface area contributed by atoms with Crippen LogP contribution in [0.25, 0.3) is 0 Å². The third-order valence-corrected chi connectivity index (χ3v) is 9.44. The molecule has 10 heteroatoms. The number of benzene rings is 4. The van der Waals surface area contributed by atoms with E-state index in [1.165, 1.54) is 23.1 Å². The Morgan fingerprint density at radius 3 is 2.16 bits per heavy atom. The fourth-order valence-electron chi connectivity index (χ4n) is 4.70. The number of carbonyl (C=O) groups is 2. The van der Waals surface area contributed by atoms with Crippen molar-refractivity contribution < 1.29 is 22.4 Å². The lowest BCUT2D eigenvalue weighted by Gasteiger charge is -2.34. The number of carbonyl (C=O) groups excluding carboxylic acids is 2. The highest BCUT2D eigenvalue weighted by Crippen LogP contribution is 2.27. The molecule has 2 amide bonds. The molecule has 0 saturated carbocycles. The summed E-state index contributed by atoms with van der Waals surface area (Å²) in [5.41, 5.74) is 2.16. The van der Waals surface area contributed by atoms with Crippen molar-refractivity contribution in [3.8, 4) is 0 Å². The average Bonchev–Trinajstić information content (AvgIpc) is 3.02. The molecule has 0 aromatic heterocycles. The second kappa shape index (κ2) is 15.1. The number of amides is 2. The van der Waals surface area contributed by atoms with E-state index >= 15 is 0 Å². The van der Waals surface area contributed by atoms with E-state index in [0.29, 0.717) is 13.0 Å². The van der Waals surface area contributed by atoms with Crippen LogP contribution in [-0.4, -0.2) is 44.3 Å². The normalized spacial score (nSPS) is 11.9. The van der Waals surface area contributed by atoms with Crippen LogP contribution < -0.4 is 9.62 Å². The van der Waals surface area contributed by atoms with Gasteiger partial charge in [0.2, 0.25) is 11.8 Å². The smallest absolute Gasteiger partial charge is 0.264 e. The minimum Gasteiger partial charge on any atom is -0.354 e. The molecule has 230 valence electrons. The van der Waals surface area contributed by atoms with Gasteiger partial charge in [-0.25, -0.2) is 12.8 Å². The number of sulfonamides is 1. The van der Waals surface area contributed by atoms with Crippen LogP contribution >= 0.6 is 15.9 Å². The monoisotopic (exact) mass is 679 g/mol. The minimum absolute atomic E-state index is 0.0148. The van der Waals surface area contributed by atoms with Crippen LogP contribution in [0.3, 0.4) is 0 Å². The van der Waals surface area contributed by atoms with Crippen molar-refractivity contribution in [2.45, 2.75) is 44.2 Å². The molecule has 4 rings (SSSR count). The van der Waals surface area contributed by atoms with E-state index in [1.807, 2.05) is 44.2 Å². The number of hydrogen-bond acceptors (Lipinski definition) is 4. The Balaban J connectivity index is 1.80. The lowest BCUT2D eigenvalue weighted by Crippen LogP contribution is -2.53. The molecule has 1 atom stereocenters. The fourth-order valence-corrected chi connectivity index (χ4v) is 6.38. The van der Waals surface area contributed by atoms with Crippen molar-refractivity contribution in [1.29, 1.82) is 0 Å². The molecule has 7 nitrogen and oxygen atoms in total. The van der Waals surface area contributed by atoms with E-state index in [2.05, 4.69) is 21.2 Å². The van der Waals surface area contributed by atoms with Gasteiger partial charge in [0.15, 0.2) is 0 Å². The summed E-state index contributed by atoms with van der Waals surface area (Å²) in [5, 5.41) is 2.88. The van der Waals surface area contributed by atoms with E-state index in [0.717, 1.165) is 19.9 Å². The largest absolute Gasteiger partial charge is 0.354 e. The van der Waals surface area contributed by atoms with Crippen LogP contribution in [0.2, 0.25) is 0 Å². The van der Waals surface area contributed by atoms with Gasteiger partial charge < -0.3 is 10.2 Å². The Kier molecular flexibility index (Phi) is 11.3. The molecule has 44 heavy (non-hydrogen) atoms. The highest BCUT2D eigenvalue weighted by atomic mass is 79.9. The van der Waals surface area contributed by atoms with Gasteiger partial charge in [0.25, 0.3) is 10.0 Å². The zero-order valence-electron chi connectivity index (χ0n) is 24.6. The van der Waals surface area contributed by atoms with Gasteiger partial charge in [0.1, 0.15) is 18.4 Å². The van der Waals surface area contributed by atoms with Crippen molar-refractivity contribution in [1.82, 2.24) is 10.2 Å². The summed E-state index contributed by atoms with van der Waals surface area (Å²) in [6, 6.07) is 27.2. The predicted molar refractivity (Wildman–Crippen MR) is 174 cm³/mol. The summed E-state index contributed by atoms with van der Waals surface area (Å²) >= 11 is 3.38. The van der Waals surface area contributed by atoms with E-state index < -0.39 is 40.2 Å². The first-order valence-corrected chi connectivity index (χ1v) is 16.5. The molecular weight excluding hydrogens is 645 g/mol. The number of hydrogen-bond donors (Lipinski definition) is 1. The Labute approximate surface area is 266 Å². The van der Waals surface area contributed by atoms with Gasteiger partial charge in [-0.2, -0.15) is 0 Å². The maximum Gasteiger partial charge on any atom is 0.264 e. The molecule has 0 fully saturated rings. The first-order valence-electron chi connectivity index (χ1n) is 14.3. The maximum atomic E-state index is 15.0. The van der Waals surface area contributed by atoms with Crippen molar-refractivity contribution in [2.24, 2.45) is 0 Å². The van der Waals surface area contributed by atoms with E-state index in [4.69, 9.17) is 0 Å². The SMILES string of the molecule is CCCNC(=O)C(Cc1ccccc1)N(Cc1ccccc1F)C(=O)CN(c1ccc(Br)cc1)S(=O)(=O)c1ccc(C)cc1. The van der Waals surface area contributed by atoms with Crippen LogP contribution in [0.5, 0.6) is 0 Å². The predicted octanol–water partition coefficient (Wildman–Crippen LogP) is 6.26. The van der Waals surface area contributed by atoms with Gasteiger partial charge in [-0.3, -0.25) is 13.9 Å². The number of nitrogens with zero attached hydrogens (tertiary/aromatic N) is 2. The summed E-state index contributed by atoms with van der Waals surface area (Å²) in [6.07, 6.45) is 0.830. The molecule has 0 saturated heterocycles. The first kappa shape index (κ1) is 32.9. The van der Waals surface area contributed by atoms with Gasteiger partial charge in [0, 0.05) is 29.5 Å². The summed E-state index contributed by atoms with van der Waals surface area (Å²) < 4.78 is 44.8. The van der Waals surface area contributed by atoms with Gasteiger partial charge >= 0.3 is 0 Å². The lowest BCUT2D eigenvalue weighted by molar-refractivity contribution is -0.140. The molecule has 0 heterocycles.